The molecule has 0 radical (unpaired) electrons. The Labute approximate surface area is 305 Å². The molecule has 0 aliphatic heterocycles. The second kappa shape index (κ2) is 10.7. The van der Waals surface area contributed by atoms with E-state index >= 15 is 0 Å². The summed E-state index contributed by atoms with van der Waals surface area (Å²) in [5.74, 6) is 0.829. The molecule has 1 aliphatic rings. The van der Waals surface area contributed by atoms with Crippen molar-refractivity contribution >= 4 is 65.2 Å². The fourth-order valence-electron chi connectivity index (χ4n) is 8.88. The van der Waals surface area contributed by atoms with Crippen LogP contribution in [0.25, 0.3) is 116 Å². The van der Waals surface area contributed by atoms with E-state index < -0.39 is 0 Å². The van der Waals surface area contributed by atoms with Crippen LogP contribution in [-0.4, -0.2) is 14.5 Å². The molecule has 2 heterocycles. The second-order valence-corrected chi connectivity index (χ2v) is 14.1. The molecule has 0 atom stereocenters. The molecule has 3 heteroatoms. The number of rotatable bonds is 3. The van der Waals surface area contributed by atoms with Crippen LogP contribution in [0.2, 0.25) is 0 Å². The van der Waals surface area contributed by atoms with Crippen LogP contribution in [0.5, 0.6) is 0 Å². The Hall–Kier alpha value is -7.10. The van der Waals surface area contributed by atoms with Crippen LogP contribution in [0.3, 0.4) is 0 Å². The first-order valence-electron chi connectivity index (χ1n) is 18.2. The lowest BCUT2D eigenvalue weighted by molar-refractivity contribution is 1.08. The molecule has 12 rings (SSSR count). The Morgan fingerprint density at radius 1 is 0.358 bits per heavy atom. The van der Waals surface area contributed by atoms with Gasteiger partial charge in [-0.05, 0) is 84.6 Å². The van der Waals surface area contributed by atoms with E-state index in [9.17, 15) is 0 Å². The highest BCUT2D eigenvalue weighted by Crippen LogP contribution is 2.50. The van der Waals surface area contributed by atoms with Crippen LogP contribution >= 0.6 is 0 Å². The first-order chi connectivity index (χ1) is 26.3. The number of hydrogen-bond donors (Lipinski definition) is 0. The maximum absolute atomic E-state index is 5.63. The van der Waals surface area contributed by atoms with E-state index in [-0.39, 0.29) is 0 Å². The fraction of sp³-hybridized carbons (Fsp3) is 0. The van der Waals surface area contributed by atoms with Gasteiger partial charge in [-0.1, -0.05) is 152 Å². The van der Waals surface area contributed by atoms with Gasteiger partial charge >= 0.3 is 0 Å². The summed E-state index contributed by atoms with van der Waals surface area (Å²) in [6, 6.07) is 63.6. The molecular weight excluding hydrogens is 643 g/mol. The van der Waals surface area contributed by atoms with Crippen molar-refractivity contribution in [3.8, 4) is 50.5 Å². The van der Waals surface area contributed by atoms with Gasteiger partial charge in [-0.15, -0.1) is 0 Å². The molecule has 11 aromatic rings. The van der Waals surface area contributed by atoms with E-state index in [0.717, 1.165) is 49.9 Å². The van der Waals surface area contributed by atoms with E-state index in [1.54, 1.807) is 0 Å². The number of fused-ring (bicyclic) bond motifs is 7. The van der Waals surface area contributed by atoms with Crippen molar-refractivity contribution < 1.29 is 0 Å². The SMILES string of the molecule is c1ccc2c(c1)-c1cccc3ccc4c(c13)c1c-2cccc1n4-c1nc2c(ccc3ccccc32)nc1-c1ccc(-c2ccc3ccccc3c2)cc1. The molecular formula is C50H29N3. The van der Waals surface area contributed by atoms with Crippen molar-refractivity contribution in [2.24, 2.45) is 0 Å². The Balaban J connectivity index is 1.18. The molecule has 0 unspecified atom stereocenters. The van der Waals surface area contributed by atoms with Crippen molar-refractivity contribution in [3.63, 3.8) is 0 Å². The molecule has 3 nitrogen and oxygen atoms in total. The zero-order chi connectivity index (χ0) is 34.6. The van der Waals surface area contributed by atoms with E-state index in [2.05, 4.69) is 180 Å². The summed E-state index contributed by atoms with van der Waals surface area (Å²) >= 11 is 0. The van der Waals surface area contributed by atoms with Gasteiger partial charge in [-0.2, -0.15) is 0 Å². The molecule has 53 heavy (non-hydrogen) atoms. The van der Waals surface area contributed by atoms with Crippen LogP contribution in [0.1, 0.15) is 0 Å². The highest BCUT2D eigenvalue weighted by Gasteiger charge is 2.26. The Morgan fingerprint density at radius 2 is 0.962 bits per heavy atom. The lowest BCUT2D eigenvalue weighted by Gasteiger charge is -2.16. The van der Waals surface area contributed by atoms with Crippen LogP contribution < -0.4 is 0 Å². The first-order valence-corrected chi connectivity index (χ1v) is 18.2. The summed E-state index contributed by atoms with van der Waals surface area (Å²) in [4.78, 5) is 11.1. The summed E-state index contributed by atoms with van der Waals surface area (Å²) in [5.41, 5.74) is 13.3. The van der Waals surface area contributed by atoms with Crippen LogP contribution in [0.4, 0.5) is 0 Å². The van der Waals surface area contributed by atoms with Gasteiger partial charge in [0.05, 0.1) is 22.1 Å². The normalized spacial score (nSPS) is 12.2. The molecule has 0 saturated carbocycles. The number of benzene rings is 9. The van der Waals surface area contributed by atoms with Crippen molar-refractivity contribution in [2.45, 2.75) is 0 Å². The quantitative estimate of drug-likeness (QED) is 0.175. The summed E-state index contributed by atoms with van der Waals surface area (Å²) < 4.78 is 2.37. The summed E-state index contributed by atoms with van der Waals surface area (Å²) in [5, 5.41) is 9.77. The number of aromatic nitrogens is 3. The van der Waals surface area contributed by atoms with Crippen LogP contribution in [-0.2, 0) is 0 Å². The molecule has 0 N–H and O–H groups in total. The van der Waals surface area contributed by atoms with Gasteiger partial charge in [0.15, 0.2) is 5.82 Å². The van der Waals surface area contributed by atoms with E-state index in [1.807, 2.05) is 0 Å². The second-order valence-electron chi connectivity index (χ2n) is 14.1. The van der Waals surface area contributed by atoms with Gasteiger partial charge < -0.3 is 0 Å². The third-order valence-corrected chi connectivity index (χ3v) is 11.3. The lowest BCUT2D eigenvalue weighted by atomic mass is 9.93. The molecule has 244 valence electrons. The van der Waals surface area contributed by atoms with Gasteiger partial charge in [-0.25, -0.2) is 9.97 Å². The van der Waals surface area contributed by atoms with Gasteiger partial charge in [0.25, 0.3) is 0 Å². The lowest BCUT2D eigenvalue weighted by Crippen LogP contribution is -2.04. The number of nitrogens with zero attached hydrogens (tertiary/aromatic N) is 3. The maximum atomic E-state index is 5.63. The van der Waals surface area contributed by atoms with Crippen molar-refractivity contribution in [2.75, 3.05) is 0 Å². The highest BCUT2D eigenvalue weighted by molar-refractivity contribution is 6.30. The summed E-state index contributed by atoms with van der Waals surface area (Å²) in [6.07, 6.45) is 0. The molecule has 0 spiro atoms. The smallest absolute Gasteiger partial charge is 0.165 e. The average molecular weight is 672 g/mol. The zero-order valence-electron chi connectivity index (χ0n) is 28.6. The van der Waals surface area contributed by atoms with Crippen molar-refractivity contribution in [1.29, 1.82) is 0 Å². The van der Waals surface area contributed by atoms with Crippen LogP contribution in [0, 0.1) is 0 Å². The molecule has 1 aliphatic carbocycles. The Bertz CT molecular complexity index is 3330. The average Bonchev–Trinajstić information content (AvgIpc) is 3.51. The third kappa shape index (κ3) is 4.05. The van der Waals surface area contributed by atoms with Gasteiger partial charge in [0.1, 0.15) is 5.69 Å². The molecule has 9 aromatic carbocycles. The first kappa shape index (κ1) is 28.6. The molecule has 0 amide bonds. The van der Waals surface area contributed by atoms with E-state index in [4.69, 9.17) is 9.97 Å². The van der Waals surface area contributed by atoms with Crippen LogP contribution in [0.15, 0.2) is 176 Å². The fourth-order valence-corrected chi connectivity index (χ4v) is 8.88. The van der Waals surface area contributed by atoms with E-state index in [1.165, 1.54) is 65.7 Å². The Morgan fingerprint density at radius 3 is 1.81 bits per heavy atom. The third-order valence-electron chi connectivity index (χ3n) is 11.3. The summed E-state index contributed by atoms with van der Waals surface area (Å²) in [6.45, 7) is 0. The molecule has 2 aromatic heterocycles. The molecule has 0 fully saturated rings. The van der Waals surface area contributed by atoms with Crippen molar-refractivity contribution in [3.05, 3.63) is 176 Å². The maximum Gasteiger partial charge on any atom is 0.165 e. The summed E-state index contributed by atoms with van der Waals surface area (Å²) in [7, 11) is 0. The topological polar surface area (TPSA) is 30.7 Å². The monoisotopic (exact) mass is 671 g/mol. The predicted molar refractivity (Wildman–Crippen MR) is 222 cm³/mol. The van der Waals surface area contributed by atoms with Gasteiger partial charge in [0.2, 0.25) is 0 Å². The minimum atomic E-state index is 0.829. The van der Waals surface area contributed by atoms with E-state index in [0.29, 0.717) is 0 Å². The number of hydrogen-bond acceptors (Lipinski definition) is 2. The van der Waals surface area contributed by atoms with Crippen molar-refractivity contribution in [1.82, 2.24) is 14.5 Å². The Kier molecular flexibility index (Phi) is 5.77. The standard InChI is InChI=1S/C50H29N3/c1-2-11-35-29-36(24-21-30(35)9-1)31-19-22-34(23-20-31)48-50(52-49-37-13-4-3-10-32(37)25-27-42(49)51-48)53-43-18-8-17-41-39-15-6-5-14-38(39)40-16-7-12-33-26-28-44(53)47(45(33)40)46(41)43/h1-29H. The minimum Gasteiger partial charge on any atom is -0.292 e. The van der Waals surface area contributed by atoms with Gasteiger partial charge in [0, 0.05) is 21.7 Å². The minimum absolute atomic E-state index is 0.829. The highest BCUT2D eigenvalue weighted by atomic mass is 15.1. The molecule has 0 saturated heterocycles. The van der Waals surface area contributed by atoms with Gasteiger partial charge in [-0.3, -0.25) is 4.57 Å². The predicted octanol–water partition coefficient (Wildman–Crippen LogP) is 13.2. The molecule has 0 bridgehead atoms. The largest absolute Gasteiger partial charge is 0.292 e. The zero-order valence-corrected chi connectivity index (χ0v) is 28.6.